The highest BCUT2D eigenvalue weighted by Gasteiger charge is 2.32. The number of ether oxygens (including phenoxy) is 1. The van der Waals surface area contributed by atoms with E-state index in [1.54, 1.807) is 18.2 Å². The Kier molecular flexibility index (Phi) is 5.18. The first-order chi connectivity index (χ1) is 14.7. The van der Waals surface area contributed by atoms with Crippen LogP contribution in [0.3, 0.4) is 0 Å². The molecule has 0 aliphatic heterocycles. The Balaban J connectivity index is 1.93. The second-order valence-corrected chi connectivity index (χ2v) is 6.63. The van der Waals surface area contributed by atoms with Crippen molar-refractivity contribution in [3.8, 4) is 17.0 Å². The van der Waals surface area contributed by atoms with Crippen LogP contribution in [0.15, 0.2) is 71.5 Å². The third kappa shape index (κ3) is 4.25. The maximum absolute atomic E-state index is 14.2. The normalized spacial score (nSPS) is 11.6. The number of alkyl halides is 3. The van der Waals surface area contributed by atoms with Crippen LogP contribution in [0.25, 0.3) is 22.2 Å². The summed E-state index contributed by atoms with van der Waals surface area (Å²) in [6.45, 7) is -0.178. The SMILES string of the molecule is O=c1c(-c2ccccc2OC(F)(F)F)nn(Cc2ccc(F)cc2F)c2ccccc12. The van der Waals surface area contributed by atoms with Gasteiger partial charge in [-0.1, -0.05) is 30.3 Å². The van der Waals surface area contributed by atoms with Crippen LogP contribution >= 0.6 is 0 Å². The van der Waals surface area contributed by atoms with Crippen molar-refractivity contribution in [1.29, 1.82) is 0 Å². The highest BCUT2D eigenvalue weighted by Crippen LogP contribution is 2.32. The number of halogens is 5. The largest absolute Gasteiger partial charge is 0.573 e. The average molecular weight is 432 g/mol. The Morgan fingerprint density at radius 2 is 1.65 bits per heavy atom. The van der Waals surface area contributed by atoms with Gasteiger partial charge in [0.2, 0.25) is 5.43 Å². The lowest BCUT2D eigenvalue weighted by molar-refractivity contribution is -0.274. The van der Waals surface area contributed by atoms with E-state index in [1.165, 1.54) is 35.0 Å². The minimum Gasteiger partial charge on any atom is -0.405 e. The Morgan fingerprint density at radius 1 is 0.935 bits per heavy atom. The minimum absolute atomic E-state index is 0.0912. The van der Waals surface area contributed by atoms with Gasteiger partial charge in [-0.05, 0) is 30.3 Å². The minimum atomic E-state index is -4.97. The van der Waals surface area contributed by atoms with Gasteiger partial charge in [0.1, 0.15) is 23.1 Å². The molecule has 0 fully saturated rings. The van der Waals surface area contributed by atoms with E-state index in [2.05, 4.69) is 9.84 Å². The van der Waals surface area contributed by atoms with Crippen molar-refractivity contribution >= 4 is 10.9 Å². The van der Waals surface area contributed by atoms with Crippen molar-refractivity contribution < 1.29 is 26.7 Å². The predicted molar refractivity (Wildman–Crippen MR) is 104 cm³/mol. The van der Waals surface area contributed by atoms with Crippen molar-refractivity contribution in [1.82, 2.24) is 9.78 Å². The molecule has 0 unspecified atom stereocenters. The molecule has 1 heterocycles. The second kappa shape index (κ2) is 7.82. The molecule has 0 aliphatic carbocycles. The molecule has 3 aromatic carbocycles. The number of fused-ring (bicyclic) bond motifs is 1. The van der Waals surface area contributed by atoms with Crippen LogP contribution in [-0.4, -0.2) is 16.1 Å². The quantitative estimate of drug-likeness (QED) is 0.412. The van der Waals surface area contributed by atoms with Gasteiger partial charge in [-0.3, -0.25) is 9.48 Å². The van der Waals surface area contributed by atoms with E-state index < -0.39 is 29.2 Å². The molecule has 158 valence electrons. The van der Waals surface area contributed by atoms with E-state index >= 15 is 0 Å². The van der Waals surface area contributed by atoms with Gasteiger partial charge in [0.25, 0.3) is 0 Å². The number of nitrogens with zero attached hydrogens (tertiary/aromatic N) is 2. The van der Waals surface area contributed by atoms with E-state index in [-0.39, 0.29) is 28.8 Å². The van der Waals surface area contributed by atoms with Crippen LogP contribution in [0.5, 0.6) is 5.75 Å². The topological polar surface area (TPSA) is 44.1 Å². The van der Waals surface area contributed by atoms with Crippen molar-refractivity contribution in [2.45, 2.75) is 12.9 Å². The number of benzene rings is 3. The van der Waals surface area contributed by atoms with E-state index in [4.69, 9.17) is 0 Å². The molecule has 0 N–H and O–H groups in total. The van der Waals surface area contributed by atoms with Crippen molar-refractivity contribution in [2.75, 3.05) is 0 Å². The standard InChI is InChI=1S/C22H13F5N2O2/c23-14-10-9-13(17(24)11-14)12-29-18-7-3-1-5-15(18)21(30)20(28-29)16-6-2-4-8-19(16)31-22(25,26)27/h1-11H,12H2. The van der Waals surface area contributed by atoms with Gasteiger partial charge < -0.3 is 4.74 Å². The van der Waals surface area contributed by atoms with Gasteiger partial charge in [0.15, 0.2) is 0 Å². The molecule has 0 aliphatic rings. The Bertz CT molecular complexity index is 1330. The fourth-order valence-electron chi connectivity index (χ4n) is 3.22. The van der Waals surface area contributed by atoms with Crippen LogP contribution < -0.4 is 10.2 Å². The number of aromatic nitrogens is 2. The van der Waals surface area contributed by atoms with Crippen LogP contribution in [-0.2, 0) is 6.54 Å². The number of para-hydroxylation sites is 2. The van der Waals surface area contributed by atoms with E-state index in [1.807, 2.05) is 0 Å². The molecule has 0 saturated carbocycles. The first-order valence-electron chi connectivity index (χ1n) is 9.02. The number of hydrogen-bond acceptors (Lipinski definition) is 3. The third-order valence-corrected chi connectivity index (χ3v) is 4.57. The maximum Gasteiger partial charge on any atom is 0.573 e. The van der Waals surface area contributed by atoms with Gasteiger partial charge in [0, 0.05) is 22.6 Å². The van der Waals surface area contributed by atoms with Gasteiger partial charge >= 0.3 is 6.36 Å². The lowest BCUT2D eigenvalue weighted by atomic mass is 10.1. The summed E-state index contributed by atoms with van der Waals surface area (Å²) in [5.41, 5.74) is -0.627. The fraction of sp³-hybridized carbons (Fsp3) is 0.0909. The third-order valence-electron chi connectivity index (χ3n) is 4.57. The smallest absolute Gasteiger partial charge is 0.405 e. The van der Waals surface area contributed by atoms with Crippen LogP contribution in [0.1, 0.15) is 5.56 Å². The van der Waals surface area contributed by atoms with Gasteiger partial charge in [-0.15, -0.1) is 13.2 Å². The molecule has 0 atom stereocenters. The Morgan fingerprint density at radius 3 is 2.39 bits per heavy atom. The molecule has 1 aromatic heterocycles. The predicted octanol–water partition coefficient (Wildman–Crippen LogP) is 5.29. The van der Waals surface area contributed by atoms with Gasteiger partial charge in [-0.2, -0.15) is 5.10 Å². The zero-order chi connectivity index (χ0) is 22.2. The molecule has 4 rings (SSSR count). The Hall–Kier alpha value is -3.75. The highest BCUT2D eigenvalue weighted by molar-refractivity contribution is 5.83. The van der Waals surface area contributed by atoms with E-state index in [0.29, 0.717) is 11.6 Å². The summed E-state index contributed by atoms with van der Waals surface area (Å²) in [6.07, 6.45) is -4.97. The molecule has 0 spiro atoms. The van der Waals surface area contributed by atoms with Crippen LogP contribution in [0.4, 0.5) is 22.0 Å². The van der Waals surface area contributed by atoms with Crippen molar-refractivity contribution in [3.63, 3.8) is 0 Å². The summed E-state index contributed by atoms with van der Waals surface area (Å²) >= 11 is 0. The average Bonchev–Trinajstić information content (AvgIpc) is 2.71. The van der Waals surface area contributed by atoms with Crippen molar-refractivity contribution in [3.05, 3.63) is 94.2 Å². The van der Waals surface area contributed by atoms with Gasteiger partial charge in [-0.25, -0.2) is 8.78 Å². The first-order valence-corrected chi connectivity index (χ1v) is 9.02. The molecule has 4 aromatic rings. The van der Waals surface area contributed by atoms with Gasteiger partial charge in [0.05, 0.1) is 12.1 Å². The number of hydrogen-bond donors (Lipinski definition) is 0. The molecular formula is C22H13F5N2O2. The molecule has 0 saturated heterocycles. The lowest BCUT2D eigenvalue weighted by Crippen LogP contribution is -2.20. The van der Waals surface area contributed by atoms with Crippen LogP contribution in [0.2, 0.25) is 0 Å². The lowest BCUT2D eigenvalue weighted by Gasteiger charge is -2.15. The zero-order valence-corrected chi connectivity index (χ0v) is 15.7. The summed E-state index contributed by atoms with van der Waals surface area (Å²) in [7, 11) is 0. The summed E-state index contributed by atoms with van der Waals surface area (Å²) in [6, 6.07) is 14.5. The molecular weight excluding hydrogens is 419 g/mol. The number of rotatable bonds is 4. The first kappa shape index (κ1) is 20.5. The molecule has 0 amide bonds. The zero-order valence-electron chi connectivity index (χ0n) is 15.7. The van der Waals surface area contributed by atoms with Crippen LogP contribution in [0, 0.1) is 11.6 Å². The molecule has 9 heteroatoms. The summed E-state index contributed by atoms with van der Waals surface area (Å²) < 4.78 is 71.3. The Labute approximate surface area is 172 Å². The monoisotopic (exact) mass is 432 g/mol. The molecule has 0 bridgehead atoms. The summed E-state index contributed by atoms with van der Waals surface area (Å²) in [5, 5.41) is 4.39. The summed E-state index contributed by atoms with van der Waals surface area (Å²) in [5.74, 6) is -2.15. The fourth-order valence-corrected chi connectivity index (χ4v) is 3.22. The molecule has 31 heavy (non-hydrogen) atoms. The molecule has 4 nitrogen and oxygen atoms in total. The second-order valence-electron chi connectivity index (χ2n) is 6.63. The highest BCUT2D eigenvalue weighted by atomic mass is 19.4. The maximum atomic E-state index is 14.2. The van der Waals surface area contributed by atoms with E-state index in [9.17, 15) is 26.7 Å². The van der Waals surface area contributed by atoms with E-state index in [0.717, 1.165) is 12.1 Å². The summed E-state index contributed by atoms with van der Waals surface area (Å²) in [4.78, 5) is 13.0. The molecule has 0 radical (unpaired) electrons. The van der Waals surface area contributed by atoms with Crippen molar-refractivity contribution in [2.24, 2.45) is 0 Å².